The maximum atomic E-state index is 12.6. The van der Waals surface area contributed by atoms with Gasteiger partial charge in [0, 0.05) is 37.9 Å². The number of nitrogens with zero attached hydrogens (tertiary/aromatic N) is 3. The minimum absolute atomic E-state index is 0.0859. The molecule has 0 radical (unpaired) electrons. The summed E-state index contributed by atoms with van der Waals surface area (Å²) in [4.78, 5) is 15.2. The third-order valence-corrected chi connectivity index (χ3v) is 4.56. The van der Waals surface area contributed by atoms with Gasteiger partial charge in [-0.25, -0.2) is 0 Å². The Morgan fingerprint density at radius 1 is 1.57 bits per heavy atom. The fraction of sp³-hybridized carbons (Fsp3) is 0.467. The number of ether oxygens (including phenoxy) is 1. The highest BCUT2D eigenvalue weighted by molar-refractivity contribution is 7.12. The standard InChI is InChI=1S/C15H19N3O2S/c1-3-20-10-11-7-18(15(19)14-5-4-6-21-14)9-13-12(11)8-17(2)16-13/h4-6,8,11H,3,7,9-10H2,1-2H3. The Hall–Kier alpha value is -1.66. The van der Waals surface area contributed by atoms with Crippen LogP contribution in [0.1, 0.15) is 33.8 Å². The smallest absolute Gasteiger partial charge is 0.264 e. The largest absolute Gasteiger partial charge is 0.381 e. The fourth-order valence-electron chi connectivity index (χ4n) is 2.74. The Morgan fingerprint density at radius 2 is 2.43 bits per heavy atom. The Morgan fingerprint density at radius 3 is 3.14 bits per heavy atom. The lowest BCUT2D eigenvalue weighted by Gasteiger charge is -2.31. The van der Waals surface area contributed by atoms with Crippen LogP contribution in [0.3, 0.4) is 0 Å². The van der Waals surface area contributed by atoms with Crippen molar-refractivity contribution in [1.82, 2.24) is 14.7 Å². The second-order valence-corrected chi connectivity index (χ2v) is 6.17. The first-order valence-electron chi connectivity index (χ1n) is 7.12. The first kappa shape index (κ1) is 14.3. The van der Waals surface area contributed by atoms with Crippen molar-refractivity contribution in [3.8, 4) is 0 Å². The van der Waals surface area contributed by atoms with Crippen molar-refractivity contribution in [2.75, 3.05) is 19.8 Å². The van der Waals surface area contributed by atoms with Crippen LogP contribution in [0.4, 0.5) is 0 Å². The molecule has 1 unspecified atom stereocenters. The van der Waals surface area contributed by atoms with Crippen molar-refractivity contribution in [2.24, 2.45) is 7.05 Å². The Balaban J connectivity index is 1.84. The van der Waals surface area contributed by atoms with Gasteiger partial charge in [0.25, 0.3) is 5.91 Å². The van der Waals surface area contributed by atoms with Crippen LogP contribution in [0, 0.1) is 0 Å². The van der Waals surface area contributed by atoms with Gasteiger partial charge in [0.05, 0.1) is 23.7 Å². The molecular weight excluding hydrogens is 286 g/mol. The molecule has 3 rings (SSSR count). The molecule has 1 aliphatic rings. The van der Waals surface area contributed by atoms with E-state index in [4.69, 9.17) is 4.74 Å². The number of aryl methyl sites for hydroxylation is 1. The summed E-state index contributed by atoms with van der Waals surface area (Å²) in [7, 11) is 1.92. The summed E-state index contributed by atoms with van der Waals surface area (Å²) in [5, 5.41) is 6.43. The zero-order valence-corrected chi connectivity index (χ0v) is 13.1. The van der Waals surface area contributed by atoms with Crippen LogP contribution >= 0.6 is 11.3 Å². The van der Waals surface area contributed by atoms with Gasteiger partial charge >= 0.3 is 0 Å². The molecule has 0 N–H and O–H groups in total. The van der Waals surface area contributed by atoms with Gasteiger partial charge in [-0.1, -0.05) is 6.07 Å². The van der Waals surface area contributed by atoms with E-state index >= 15 is 0 Å². The van der Waals surface area contributed by atoms with Gasteiger partial charge in [0.1, 0.15) is 0 Å². The maximum absolute atomic E-state index is 12.6. The van der Waals surface area contributed by atoms with Gasteiger partial charge in [-0.15, -0.1) is 11.3 Å². The maximum Gasteiger partial charge on any atom is 0.264 e. The average molecular weight is 305 g/mol. The van der Waals surface area contributed by atoms with E-state index in [2.05, 4.69) is 5.10 Å². The third-order valence-electron chi connectivity index (χ3n) is 3.70. The Kier molecular flexibility index (Phi) is 4.07. The van der Waals surface area contributed by atoms with E-state index in [1.54, 1.807) is 0 Å². The van der Waals surface area contributed by atoms with Crippen molar-refractivity contribution >= 4 is 17.2 Å². The number of fused-ring (bicyclic) bond motifs is 1. The molecule has 0 bridgehead atoms. The van der Waals surface area contributed by atoms with Gasteiger partial charge in [-0.3, -0.25) is 9.48 Å². The average Bonchev–Trinajstić information content (AvgIpc) is 3.11. The molecule has 5 nitrogen and oxygen atoms in total. The number of thiophene rings is 1. The quantitative estimate of drug-likeness (QED) is 0.870. The van der Waals surface area contributed by atoms with Crippen LogP contribution in [0.2, 0.25) is 0 Å². The van der Waals surface area contributed by atoms with E-state index < -0.39 is 0 Å². The highest BCUT2D eigenvalue weighted by atomic mass is 32.1. The predicted octanol–water partition coefficient (Wildman–Crippen LogP) is 2.26. The normalized spacial score (nSPS) is 17.8. The predicted molar refractivity (Wildman–Crippen MR) is 81.5 cm³/mol. The lowest BCUT2D eigenvalue weighted by atomic mass is 9.95. The minimum atomic E-state index is 0.0859. The molecule has 0 aromatic carbocycles. The molecule has 112 valence electrons. The molecule has 2 aromatic heterocycles. The van der Waals surface area contributed by atoms with Crippen LogP contribution in [0.5, 0.6) is 0 Å². The van der Waals surface area contributed by atoms with Crippen LogP contribution in [-0.2, 0) is 18.3 Å². The molecule has 0 saturated heterocycles. The second-order valence-electron chi connectivity index (χ2n) is 5.22. The van der Waals surface area contributed by atoms with Crippen molar-refractivity contribution in [3.63, 3.8) is 0 Å². The fourth-order valence-corrected chi connectivity index (χ4v) is 3.43. The molecule has 3 heterocycles. The summed E-state index contributed by atoms with van der Waals surface area (Å²) in [6, 6.07) is 3.78. The number of hydrogen-bond acceptors (Lipinski definition) is 4. The molecule has 1 aliphatic heterocycles. The van der Waals surface area contributed by atoms with Crippen LogP contribution in [-0.4, -0.2) is 40.3 Å². The summed E-state index contributed by atoms with van der Waals surface area (Å²) in [6.07, 6.45) is 2.05. The summed E-state index contributed by atoms with van der Waals surface area (Å²) < 4.78 is 7.41. The SMILES string of the molecule is CCOCC1CN(C(=O)c2cccs2)Cc2nn(C)cc21. The number of rotatable bonds is 4. The first-order valence-corrected chi connectivity index (χ1v) is 8.00. The molecule has 0 saturated carbocycles. The molecule has 6 heteroatoms. The lowest BCUT2D eigenvalue weighted by molar-refractivity contribution is 0.0656. The van der Waals surface area contributed by atoms with Crippen LogP contribution in [0.25, 0.3) is 0 Å². The Bertz CT molecular complexity index is 621. The van der Waals surface area contributed by atoms with Crippen molar-refractivity contribution < 1.29 is 9.53 Å². The highest BCUT2D eigenvalue weighted by Crippen LogP contribution is 2.29. The van der Waals surface area contributed by atoms with E-state index in [-0.39, 0.29) is 11.8 Å². The second kappa shape index (κ2) is 5.99. The van der Waals surface area contributed by atoms with Gasteiger partial charge in [0.15, 0.2) is 0 Å². The van der Waals surface area contributed by atoms with E-state index in [9.17, 15) is 4.79 Å². The van der Waals surface area contributed by atoms with Crippen molar-refractivity contribution in [2.45, 2.75) is 19.4 Å². The zero-order valence-electron chi connectivity index (χ0n) is 12.3. The van der Waals surface area contributed by atoms with Gasteiger partial charge in [0.2, 0.25) is 0 Å². The third kappa shape index (κ3) is 2.87. The molecular formula is C15H19N3O2S. The number of carbonyl (C=O) groups excluding carboxylic acids is 1. The zero-order chi connectivity index (χ0) is 14.8. The van der Waals surface area contributed by atoms with E-state index in [1.165, 1.54) is 16.9 Å². The number of hydrogen-bond donors (Lipinski definition) is 0. The van der Waals surface area contributed by atoms with Crippen molar-refractivity contribution in [1.29, 1.82) is 0 Å². The topological polar surface area (TPSA) is 47.4 Å². The highest BCUT2D eigenvalue weighted by Gasteiger charge is 2.31. The van der Waals surface area contributed by atoms with Gasteiger partial charge < -0.3 is 9.64 Å². The van der Waals surface area contributed by atoms with Crippen LogP contribution < -0.4 is 0 Å². The van der Waals surface area contributed by atoms with Gasteiger partial charge in [-0.2, -0.15) is 5.10 Å². The minimum Gasteiger partial charge on any atom is -0.381 e. The number of carbonyl (C=O) groups is 1. The van der Waals surface area contributed by atoms with E-state index in [0.717, 1.165) is 10.6 Å². The van der Waals surface area contributed by atoms with Crippen LogP contribution in [0.15, 0.2) is 23.7 Å². The molecule has 2 aromatic rings. The summed E-state index contributed by atoms with van der Waals surface area (Å²) in [5.74, 6) is 0.286. The van der Waals surface area contributed by atoms with E-state index in [1.807, 2.05) is 47.3 Å². The molecule has 0 aliphatic carbocycles. The number of amides is 1. The molecule has 1 atom stereocenters. The molecule has 0 spiro atoms. The molecule has 21 heavy (non-hydrogen) atoms. The first-order chi connectivity index (χ1) is 10.2. The molecule has 0 fully saturated rings. The summed E-state index contributed by atoms with van der Waals surface area (Å²) in [6.45, 7) is 4.57. The Labute approximate surface area is 128 Å². The van der Waals surface area contributed by atoms with Gasteiger partial charge in [-0.05, 0) is 18.4 Å². The lowest BCUT2D eigenvalue weighted by Crippen LogP contribution is -2.39. The summed E-state index contributed by atoms with van der Waals surface area (Å²) >= 11 is 1.48. The van der Waals surface area contributed by atoms with E-state index in [0.29, 0.717) is 26.3 Å². The summed E-state index contributed by atoms with van der Waals surface area (Å²) in [5.41, 5.74) is 2.19. The molecule has 1 amide bonds. The number of aromatic nitrogens is 2. The van der Waals surface area contributed by atoms with Crippen molar-refractivity contribution in [3.05, 3.63) is 39.8 Å². The monoisotopic (exact) mass is 305 g/mol.